The van der Waals surface area contributed by atoms with Crippen LogP contribution in [0.1, 0.15) is 0 Å². The molecule has 0 spiro atoms. The molecule has 3 rings (SSSR count). The van der Waals surface area contributed by atoms with Crippen LogP contribution in [-0.2, 0) is 9.47 Å². The third-order valence-electron chi connectivity index (χ3n) is 3.68. The molecule has 26 heavy (non-hydrogen) atoms. The highest BCUT2D eigenvalue weighted by molar-refractivity contribution is 6.35. The minimum absolute atomic E-state index is 0.383. The van der Waals surface area contributed by atoms with Gasteiger partial charge in [-0.3, -0.25) is 0 Å². The van der Waals surface area contributed by atoms with Gasteiger partial charge < -0.3 is 20.1 Å². The number of halogens is 2. The summed E-state index contributed by atoms with van der Waals surface area (Å²) in [6, 6.07) is 12.9. The maximum absolute atomic E-state index is 6.05. The summed E-state index contributed by atoms with van der Waals surface area (Å²) < 4.78 is 10.4. The van der Waals surface area contributed by atoms with Gasteiger partial charge in [0, 0.05) is 35.3 Å². The van der Waals surface area contributed by atoms with Crippen LogP contribution >= 0.6 is 23.2 Å². The van der Waals surface area contributed by atoms with Crippen LogP contribution in [0.5, 0.6) is 0 Å². The van der Waals surface area contributed by atoms with Crippen LogP contribution in [0.25, 0.3) is 10.9 Å². The van der Waals surface area contributed by atoms with Crippen molar-refractivity contribution in [2.75, 3.05) is 31.4 Å². The lowest BCUT2D eigenvalue weighted by Gasteiger charge is -2.16. The third-order valence-corrected chi connectivity index (χ3v) is 4.12. The van der Waals surface area contributed by atoms with E-state index >= 15 is 0 Å². The third kappa shape index (κ3) is 4.53. The van der Waals surface area contributed by atoms with Gasteiger partial charge in [-0.2, -0.15) is 4.98 Å². The summed E-state index contributed by atoms with van der Waals surface area (Å²) in [4.78, 5) is 9.11. The van der Waals surface area contributed by atoms with Crippen molar-refractivity contribution in [3.8, 4) is 0 Å². The maximum Gasteiger partial charge on any atom is 0.229 e. The van der Waals surface area contributed by atoms with E-state index in [0.717, 1.165) is 10.9 Å². The number of methoxy groups -OCH3 is 2. The number of benzene rings is 2. The van der Waals surface area contributed by atoms with Gasteiger partial charge in [0.25, 0.3) is 0 Å². The smallest absolute Gasteiger partial charge is 0.229 e. The number of nitrogens with zero attached hydrogens (tertiary/aromatic N) is 2. The average Bonchev–Trinajstić information content (AvgIpc) is 2.61. The Morgan fingerprint density at radius 3 is 2.38 bits per heavy atom. The number of hydrogen-bond donors (Lipinski definition) is 2. The van der Waals surface area contributed by atoms with Crippen molar-refractivity contribution in [1.29, 1.82) is 0 Å². The lowest BCUT2D eigenvalue weighted by atomic mass is 10.2. The van der Waals surface area contributed by atoms with E-state index in [4.69, 9.17) is 32.7 Å². The Balaban J connectivity index is 1.93. The van der Waals surface area contributed by atoms with E-state index in [-0.39, 0.29) is 6.29 Å². The van der Waals surface area contributed by atoms with E-state index in [2.05, 4.69) is 20.6 Å². The van der Waals surface area contributed by atoms with Gasteiger partial charge in [-0.25, -0.2) is 4.98 Å². The fraction of sp³-hybridized carbons (Fsp3) is 0.222. The first kappa shape index (κ1) is 18.7. The van der Waals surface area contributed by atoms with Gasteiger partial charge in [0.15, 0.2) is 6.29 Å². The molecule has 0 aliphatic carbocycles. The van der Waals surface area contributed by atoms with E-state index < -0.39 is 0 Å². The number of ether oxygens (including phenoxy) is 2. The number of nitrogens with one attached hydrogen (secondary N) is 2. The van der Waals surface area contributed by atoms with Crippen LogP contribution in [0.4, 0.5) is 17.5 Å². The maximum atomic E-state index is 6.05. The molecule has 0 saturated carbocycles. The van der Waals surface area contributed by atoms with Crippen molar-refractivity contribution in [3.63, 3.8) is 0 Å². The summed E-state index contributed by atoms with van der Waals surface area (Å²) in [6.45, 7) is 0.441. The second-order valence-electron chi connectivity index (χ2n) is 5.48. The van der Waals surface area contributed by atoms with Gasteiger partial charge in [0.2, 0.25) is 5.95 Å². The van der Waals surface area contributed by atoms with Crippen molar-refractivity contribution < 1.29 is 9.47 Å². The number of anilines is 3. The van der Waals surface area contributed by atoms with Crippen molar-refractivity contribution in [3.05, 3.63) is 52.5 Å². The fourth-order valence-corrected chi connectivity index (χ4v) is 2.99. The van der Waals surface area contributed by atoms with Gasteiger partial charge in [-0.1, -0.05) is 35.3 Å². The first-order valence-corrected chi connectivity index (χ1v) is 8.64. The molecule has 1 heterocycles. The first-order valence-electron chi connectivity index (χ1n) is 7.88. The highest BCUT2D eigenvalue weighted by Crippen LogP contribution is 2.27. The zero-order valence-corrected chi connectivity index (χ0v) is 15.8. The number of rotatable bonds is 7. The predicted octanol–water partition coefficient (Wildman–Crippen LogP) is 4.71. The summed E-state index contributed by atoms with van der Waals surface area (Å²) in [5.41, 5.74) is 1.50. The second kappa shape index (κ2) is 8.51. The molecule has 1 aromatic heterocycles. The molecule has 6 nitrogen and oxygen atoms in total. The van der Waals surface area contributed by atoms with Gasteiger partial charge in [0.1, 0.15) is 5.82 Å². The van der Waals surface area contributed by atoms with Crippen molar-refractivity contribution in [1.82, 2.24) is 9.97 Å². The van der Waals surface area contributed by atoms with Crippen LogP contribution in [0.2, 0.25) is 10.0 Å². The SMILES string of the molecule is COC(CNc1nc(Nc2cc(Cl)cc(Cl)c2)nc2ccccc12)OC. The van der Waals surface area contributed by atoms with Gasteiger partial charge in [-0.15, -0.1) is 0 Å². The van der Waals surface area contributed by atoms with E-state index in [1.807, 2.05) is 24.3 Å². The van der Waals surface area contributed by atoms with Crippen LogP contribution in [-0.4, -0.2) is 37.0 Å². The summed E-state index contributed by atoms with van der Waals surface area (Å²) in [7, 11) is 3.17. The molecule has 2 aromatic carbocycles. The minimum atomic E-state index is -0.383. The Hall–Kier alpha value is -2.12. The first-order chi connectivity index (χ1) is 12.6. The summed E-state index contributed by atoms with van der Waals surface area (Å²) in [6.07, 6.45) is -0.383. The van der Waals surface area contributed by atoms with Crippen LogP contribution in [0, 0.1) is 0 Å². The molecule has 0 amide bonds. The molecule has 0 unspecified atom stereocenters. The van der Waals surface area contributed by atoms with E-state index in [1.165, 1.54) is 0 Å². The molecule has 0 radical (unpaired) electrons. The fourth-order valence-electron chi connectivity index (χ4n) is 2.47. The molecule has 0 atom stereocenters. The van der Waals surface area contributed by atoms with E-state index in [9.17, 15) is 0 Å². The molecule has 3 aromatic rings. The number of hydrogen-bond acceptors (Lipinski definition) is 6. The topological polar surface area (TPSA) is 68.3 Å². The summed E-state index contributed by atoms with van der Waals surface area (Å²) >= 11 is 12.1. The Morgan fingerprint density at radius 2 is 1.69 bits per heavy atom. The monoisotopic (exact) mass is 392 g/mol. The average molecular weight is 393 g/mol. The van der Waals surface area contributed by atoms with Crippen molar-refractivity contribution >= 4 is 51.6 Å². The molecule has 0 saturated heterocycles. The molecule has 2 N–H and O–H groups in total. The molecule has 0 fully saturated rings. The molecule has 0 bridgehead atoms. The highest BCUT2D eigenvalue weighted by atomic mass is 35.5. The van der Waals surface area contributed by atoms with Gasteiger partial charge in [0.05, 0.1) is 12.1 Å². The Morgan fingerprint density at radius 1 is 1.00 bits per heavy atom. The predicted molar refractivity (Wildman–Crippen MR) is 106 cm³/mol. The van der Waals surface area contributed by atoms with E-state index in [0.29, 0.717) is 34.0 Å². The standard InChI is InChI=1S/C18H18Cl2N4O2/c1-25-16(26-2)10-21-17-14-5-3-4-6-15(14)23-18(24-17)22-13-8-11(19)7-12(20)9-13/h3-9,16H,10H2,1-2H3,(H2,21,22,23,24). The number of fused-ring (bicyclic) bond motifs is 1. The quantitative estimate of drug-likeness (QED) is 0.567. The lowest BCUT2D eigenvalue weighted by molar-refractivity contribution is -0.0914. The van der Waals surface area contributed by atoms with Crippen LogP contribution < -0.4 is 10.6 Å². The number of para-hydroxylation sites is 1. The molecule has 0 aliphatic rings. The molecule has 8 heteroatoms. The summed E-state index contributed by atoms with van der Waals surface area (Å²) in [5, 5.41) is 8.34. The number of aromatic nitrogens is 2. The molecule has 136 valence electrons. The highest BCUT2D eigenvalue weighted by Gasteiger charge is 2.11. The molecule has 0 aliphatic heterocycles. The normalized spacial score (nSPS) is 11.1. The largest absolute Gasteiger partial charge is 0.364 e. The van der Waals surface area contributed by atoms with Gasteiger partial charge in [-0.05, 0) is 30.3 Å². The molecular formula is C18H18Cl2N4O2. The zero-order valence-electron chi connectivity index (χ0n) is 14.3. The Bertz CT molecular complexity index is 883. The van der Waals surface area contributed by atoms with Crippen LogP contribution in [0.3, 0.4) is 0 Å². The zero-order chi connectivity index (χ0) is 18.5. The van der Waals surface area contributed by atoms with Gasteiger partial charge >= 0.3 is 0 Å². The van der Waals surface area contributed by atoms with Crippen molar-refractivity contribution in [2.45, 2.75) is 6.29 Å². The van der Waals surface area contributed by atoms with Crippen molar-refractivity contribution in [2.24, 2.45) is 0 Å². The van der Waals surface area contributed by atoms with E-state index in [1.54, 1.807) is 32.4 Å². The Labute approximate surface area is 161 Å². The molecular weight excluding hydrogens is 375 g/mol. The lowest BCUT2D eigenvalue weighted by Crippen LogP contribution is -2.24. The second-order valence-corrected chi connectivity index (χ2v) is 6.35. The summed E-state index contributed by atoms with van der Waals surface area (Å²) in [5.74, 6) is 1.10. The van der Waals surface area contributed by atoms with Crippen LogP contribution in [0.15, 0.2) is 42.5 Å². The minimum Gasteiger partial charge on any atom is -0.364 e. The Kier molecular flexibility index (Phi) is 6.11.